The SMILES string of the molecule is Cc1cncc(CNCC2(C)CCOCC2)c1. The summed E-state index contributed by atoms with van der Waals surface area (Å²) < 4.78 is 5.41. The Kier molecular flexibility index (Phi) is 4.13. The number of aryl methyl sites for hydroxylation is 1. The molecule has 0 radical (unpaired) electrons. The Labute approximate surface area is 104 Å². The predicted molar refractivity (Wildman–Crippen MR) is 68.8 cm³/mol. The van der Waals surface area contributed by atoms with Gasteiger partial charge in [-0.25, -0.2) is 0 Å². The lowest BCUT2D eigenvalue weighted by Gasteiger charge is -2.33. The lowest BCUT2D eigenvalue weighted by Crippen LogP contribution is -2.36. The molecule has 1 aromatic heterocycles. The first-order chi connectivity index (χ1) is 8.18. The fraction of sp³-hybridized carbons (Fsp3) is 0.643. The van der Waals surface area contributed by atoms with Crippen molar-refractivity contribution in [2.45, 2.75) is 33.2 Å². The van der Waals surface area contributed by atoms with E-state index in [0.717, 1.165) is 39.1 Å². The van der Waals surface area contributed by atoms with Crippen molar-refractivity contribution in [3.05, 3.63) is 29.6 Å². The predicted octanol–water partition coefficient (Wildman–Crippen LogP) is 2.30. The Bertz CT molecular complexity index is 359. The molecular formula is C14H22N2O. The van der Waals surface area contributed by atoms with E-state index in [9.17, 15) is 0 Å². The summed E-state index contributed by atoms with van der Waals surface area (Å²) >= 11 is 0. The Morgan fingerprint density at radius 2 is 2.12 bits per heavy atom. The highest BCUT2D eigenvalue weighted by Crippen LogP contribution is 2.28. The summed E-state index contributed by atoms with van der Waals surface area (Å²) in [6.45, 7) is 8.21. The van der Waals surface area contributed by atoms with Gasteiger partial charge in [-0.3, -0.25) is 4.98 Å². The van der Waals surface area contributed by atoms with E-state index in [0.29, 0.717) is 5.41 Å². The van der Waals surface area contributed by atoms with Crippen LogP contribution in [0.1, 0.15) is 30.9 Å². The van der Waals surface area contributed by atoms with Crippen molar-refractivity contribution < 1.29 is 4.74 Å². The van der Waals surface area contributed by atoms with Crippen LogP contribution in [0.15, 0.2) is 18.5 Å². The Morgan fingerprint density at radius 1 is 1.35 bits per heavy atom. The van der Waals surface area contributed by atoms with E-state index >= 15 is 0 Å². The van der Waals surface area contributed by atoms with Crippen molar-refractivity contribution in [1.82, 2.24) is 10.3 Å². The molecular weight excluding hydrogens is 212 g/mol. The van der Waals surface area contributed by atoms with E-state index in [1.165, 1.54) is 11.1 Å². The number of hydrogen-bond acceptors (Lipinski definition) is 3. The molecule has 94 valence electrons. The number of hydrogen-bond donors (Lipinski definition) is 1. The first kappa shape index (κ1) is 12.5. The van der Waals surface area contributed by atoms with E-state index < -0.39 is 0 Å². The Morgan fingerprint density at radius 3 is 2.82 bits per heavy atom. The molecule has 1 aliphatic rings. The lowest BCUT2D eigenvalue weighted by molar-refractivity contribution is 0.0240. The first-order valence-electron chi connectivity index (χ1n) is 6.37. The summed E-state index contributed by atoms with van der Waals surface area (Å²) in [7, 11) is 0. The molecule has 0 saturated carbocycles. The smallest absolute Gasteiger partial charge is 0.0471 e. The number of rotatable bonds is 4. The van der Waals surface area contributed by atoms with E-state index in [1.54, 1.807) is 0 Å². The molecule has 0 bridgehead atoms. The van der Waals surface area contributed by atoms with Crippen molar-refractivity contribution in [1.29, 1.82) is 0 Å². The van der Waals surface area contributed by atoms with Crippen LogP contribution in [0.5, 0.6) is 0 Å². The molecule has 0 atom stereocenters. The Balaban J connectivity index is 1.79. The van der Waals surface area contributed by atoms with Gasteiger partial charge in [0.1, 0.15) is 0 Å². The summed E-state index contributed by atoms with van der Waals surface area (Å²) in [5.74, 6) is 0. The second-order valence-corrected chi connectivity index (χ2v) is 5.40. The van der Waals surface area contributed by atoms with Gasteiger partial charge in [-0.1, -0.05) is 13.0 Å². The summed E-state index contributed by atoms with van der Waals surface area (Å²) in [6.07, 6.45) is 6.15. The standard InChI is InChI=1S/C14H22N2O/c1-12-7-13(9-15-8-12)10-16-11-14(2)3-5-17-6-4-14/h7-9,16H,3-6,10-11H2,1-2H3. The van der Waals surface area contributed by atoms with E-state index in [2.05, 4.69) is 30.2 Å². The lowest BCUT2D eigenvalue weighted by atomic mass is 9.82. The average Bonchev–Trinajstić information content (AvgIpc) is 2.30. The number of nitrogens with zero attached hydrogens (tertiary/aromatic N) is 1. The maximum absolute atomic E-state index is 5.41. The highest BCUT2D eigenvalue weighted by Gasteiger charge is 2.26. The van der Waals surface area contributed by atoms with Gasteiger partial charge in [0.25, 0.3) is 0 Å². The van der Waals surface area contributed by atoms with Crippen LogP contribution in [0.2, 0.25) is 0 Å². The molecule has 17 heavy (non-hydrogen) atoms. The number of nitrogens with one attached hydrogen (secondary N) is 1. The molecule has 0 aromatic carbocycles. The second-order valence-electron chi connectivity index (χ2n) is 5.40. The normalized spacial score (nSPS) is 19.2. The summed E-state index contributed by atoms with van der Waals surface area (Å²) in [4.78, 5) is 4.21. The minimum absolute atomic E-state index is 0.398. The molecule has 0 aliphatic carbocycles. The molecule has 3 nitrogen and oxygen atoms in total. The third kappa shape index (κ3) is 3.79. The zero-order valence-corrected chi connectivity index (χ0v) is 10.8. The van der Waals surface area contributed by atoms with Crippen LogP contribution in [0.4, 0.5) is 0 Å². The zero-order chi connectivity index (χ0) is 12.1. The monoisotopic (exact) mass is 234 g/mol. The number of aromatic nitrogens is 1. The molecule has 0 unspecified atom stereocenters. The van der Waals surface area contributed by atoms with Crippen LogP contribution in [-0.4, -0.2) is 24.7 Å². The highest BCUT2D eigenvalue weighted by atomic mass is 16.5. The summed E-state index contributed by atoms with van der Waals surface area (Å²) in [5, 5.41) is 3.54. The van der Waals surface area contributed by atoms with Gasteiger partial charge in [0.05, 0.1) is 0 Å². The fourth-order valence-corrected chi connectivity index (χ4v) is 2.26. The average molecular weight is 234 g/mol. The quantitative estimate of drug-likeness (QED) is 0.868. The van der Waals surface area contributed by atoms with Gasteiger partial charge in [-0.15, -0.1) is 0 Å². The van der Waals surface area contributed by atoms with Crippen LogP contribution in [0.3, 0.4) is 0 Å². The van der Waals surface area contributed by atoms with Gasteiger partial charge in [0.15, 0.2) is 0 Å². The third-order valence-electron chi connectivity index (χ3n) is 3.51. The summed E-state index contributed by atoms with van der Waals surface area (Å²) in [6, 6.07) is 2.19. The topological polar surface area (TPSA) is 34.2 Å². The highest BCUT2D eigenvalue weighted by molar-refractivity contribution is 5.16. The van der Waals surface area contributed by atoms with Crippen LogP contribution in [0.25, 0.3) is 0 Å². The second kappa shape index (κ2) is 5.61. The molecule has 1 saturated heterocycles. The van der Waals surface area contributed by atoms with Crippen molar-refractivity contribution in [3.8, 4) is 0 Å². The van der Waals surface area contributed by atoms with Gasteiger partial charge < -0.3 is 10.1 Å². The molecule has 3 heteroatoms. The largest absolute Gasteiger partial charge is 0.381 e. The van der Waals surface area contributed by atoms with Gasteiger partial charge >= 0.3 is 0 Å². The molecule has 2 heterocycles. The number of ether oxygens (including phenoxy) is 1. The van der Waals surface area contributed by atoms with Crippen LogP contribution >= 0.6 is 0 Å². The van der Waals surface area contributed by atoms with Gasteiger partial charge in [0, 0.05) is 38.7 Å². The molecule has 2 rings (SSSR count). The van der Waals surface area contributed by atoms with Crippen LogP contribution in [-0.2, 0) is 11.3 Å². The summed E-state index contributed by atoms with van der Waals surface area (Å²) in [5.41, 5.74) is 2.89. The van der Waals surface area contributed by atoms with Gasteiger partial charge in [-0.2, -0.15) is 0 Å². The van der Waals surface area contributed by atoms with Crippen molar-refractivity contribution in [3.63, 3.8) is 0 Å². The Hall–Kier alpha value is -0.930. The fourth-order valence-electron chi connectivity index (χ4n) is 2.26. The van der Waals surface area contributed by atoms with E-state index in [1.807, 2.05) is 12.4 Å². The molecule has 1 fully saturated rings. The minimum atomic E-state index is 0.398. The van der Waals surface area contributed by atoms with E-state index in [4.69, 9.17) is 4.74 Å². The zero-order valence-electron chi connectivity index (χ0n) is 10.8. The minimum Gasteiger partial charge on any atom is -0.381 e. The van der Waals surface area contributed by atoms with Gasteiger partial charge in [-0.05, 0) is 36.3 Å². The molecule has 1 N–H and O–H groups in total. The van der Waals surface area contributed by atoms with Crippen LogP contribution in [0, 0.1) is 12.3 Å². The van der Waals surface area contributed by atoms with Crippen LogP contribution < -0.4 is 5.32 Å². The molecule has 1 aromatic rings. The van der Waals surface area contributed by atoms with Crippen molar-refractivity contribution in [2.24, 2.45) is 5.41 Å². The maximum Gasteiger partial charge on any atom is 0.0471 e. The molecule has 0 amide bonds. The molecule has 1 aliphatic heterocycles. The van der Waals surface area contributed by atoms with E-state index in [-0.39, 0.29) is 0 Å². The molecule has 0 spiro atoms. The van der Waals surface area contributed by atoms with Gasteiger partial charge in [0.2, 0.25) is 0 Å². The van der Waals surface area contributed by atoms with Crippen molar-refractivity contribution >= 4 is 0 Å². The van der Waals surface area contributed by atoms with Crippen molar-refractivity contribution in [2.75, 3.05) is 19.8 Å². The third-order valence-corrected chi connectivity index (χ3v) is 3.51. The number of pyridine rings is 1. The maximum atomic E-state index is 5.41. The first-order valence-corrected chi connectivity index (χ1v) is 6.37.